The number of benzene rings is 1. The summed E-state index contributed by atoms with van der Waals surface area (Å²) in [5.74, 6) is -0.252. The maximum atomic E-state index is 13.6. The lowest BCUT2D eigenvalue weighted by Gasteiger charge is -2.08. The fourth-order valence-corrected chi connectivity index (χ4v) is 2.17. The van der Waals surface area contributed by atoms with Crippen molar-refractivity contribution in [3.05, 3.63) is 55.9 Å². The number of pyridine rings is 1. The monoisotopic (exact) mass is 392 g/mol. The third-order valence-electron chi connectivity index (χ3n) is 2.29. The quantitative estimate of drug-likeness (QED) is 0.740. The van der Waals surface area contributed by atoms with Crippen LogP contribution in [0.2, 0.25) is 5.15 Å². The molecular weight excluding hydrogens is 386 g/mol. The zero-order valence-corrected chi connectivity index (χ0v) is 13.0. The van der Waals surface area contributed by atoms with Crippen molar-refractivity contribution in [1.82, 2.24) is 4.98 Å². The molecule has 0 aliphatic heterocycles. The summed E-state index contributed by atoms with van der Waals surface area (Å²) in [4.78, 5) is 3.98. The summed E-state index contributed by atoms with van der Waals surface area (Å²) < 4.78 is 15.0. The third kappa shape index (κ3) is 3.43. The largest absolute Gasteiger partial charge is 0.380 e. The molecule has 0 radical (unpaired) electrons. The Morgan fingerprint density at radius 3 is 2.72 bits per heavy atom. The molecule has 1 heterocycles. The van der Waals surface area contributed by atoms with Gasteiger partial charge in [-0.15, -0.1) is 0 Å². The van der Waals surface area contributed by atoms with Crippen molar-refractivity contribution >= 4 is 49.1 Å². The van der Waals surface area contributed by atoms with E-state index in [0.717, 1.165) is 10.2 Å². The van der Waals surface area contributed by atoms with Gasteiger partial charge in [-0.3, -0.25) is 0 Å². The second-order valence-corrected chi connectivity index (χ2v) is 5.71. The Kier molecular flexibility index (Phi) is 4.59. The Hall–Kier alpha value is -0.650. The second-order valence-electron chi connectivity index (χ2n) is 3.59. The summed E-state index contributed by atoms with van der Waals surface area (Å²) in [5.41, 5.74) is 1.36. The van der Waals surface area contributed by atoms with Crippen LogP contribution in [-0.2, 0) is 6.54 Å². The van der Waals surface area contributed by atoms with Gasteiger partial charge in [0.25, 0.3) is 0 Å². The van der Waals surface area contributed by atoms with E-state index < -0.39 is 0 Å². The van der Waals surface area contributed by atoms with Gasteiger partial charge in [-0.25, -0.2) is 9.37 Å². The van der Waals surface area contributed by atoms with E-state index in [-0.39, 0.29) is 5.82 Å². The number of hydrogen-bond acceptors (Lipinski definition) is 2. The fraction of sp³-hybridized carbons (Fsp3) is 0.0833. The Morgan fingerprint density at radius 2 is 2.06 bits per heavy atom. The SMILES string of the molecule is Fc1cc(Br)ccc1CNc1cnc(Cl)c(Br)c1. The summed E-state index contributed by atoms with van der Waals surface area (Å²) in [5, 5.41) is 3.48. The van der Waals surface area contributed by atoms with Crippen molar-refractivity contribution in [1.29, 1.82) is 0 Å². The standard InChI is InChI=1S/C12H8Br2ClFN2/c13-8-2-1-7(11(16)3-8)5-17-9-4-10(14)12(15)18-6-9/h1-4,6,17H,5H2. The van der Waals surface area contributed by atoms with E-state index in [1.807, 2.05) is 0 Å². The zero-order chi connectivity index (χ0) is 13.1. The van der Waals surface area contributed by atoms with Crippen molar-refractivity contribution in [2.45, 2.75) is 6.54 Å². The van der Waals surface area contributed by atoms with Crippen LogP contribution in [0, 0.1) is 5.82 Å². The fourth-order valence-electron chi connectivity index (χ4n) is 1.38. The van der Waals surface area contributed by atoms with Crippen LogP contribution in [0.1, 0.15) is 5.56 Å². The topological polar surface area (TPSA) is 24.9 Å². The van der Waals surface area contributed by atoms with Gasteiger partial charge in [0, 0.05) is 16.6 Å². The number of anilines is 1. The average molecular weight is 394 g/mol. The van der Waals surface area contributed by atoms with E-state index in [2.05, 4.69) is 42.2 Å². The Labute approximate surface area is 126 Å². The molecule has 2 nitrogen and oxygen atoms in total. The first-order valence-corrected chi connectivity index (χ1v) is 7.01. The van der Waals surface area contributed by atoms with Gasteiger partial charge < -0.3 is 5.32 Å². The van der Waals surface area contributed by atoms with Crippen LogP contribution in [0.5, 0.6) is 0 Å². The van der Waals surface area contributed by atoms with Crippen LogP contribution in [0.25, 0.3) is 0 Å². The third-order valence-corrected chi connectivity index (χ3v) is 3.92. The highest BCUT2D eigenvalue weighted by molar-refractivity contribution is 9.10. The minimum atomic E-state index is -0.252. The van der Waals surface area contributed by atoms with Gasteiger partial charge in [0.05, 0.1) is 16.4 Å². The first-order valence-electron chi connectivity index (χ1n) is 5.05. The molecule has 0 saturated carbocycles. The minimum absolute atomic E-state index is 0.252. The van der Waals surface area contributed by atoms with E-state index in [0.29, 0.717) is 21.7 Å². The van der Waals surface area contributed by atoms with Gasteiger partial charge in [0.1, 0.15) is 11.0 Å². The molecule has 0 aliphatic carbocycles. The summed E-state index contributed by atoms with van der Waals surface area (Å²) >= 11 is 12.3. The number of nitrogens with one attached hydrogen (secondary N) is 1. The van der Waals surface area contributed by atoms with Gasteiger partial charge in [-0.2, -0.15) is 0 Å². The van der Waals surface area contributed by atoms with Crippen molar-refractivity contribution in [2.24, 2.45) is 0 Å². The smallest absolute Gasteiger partial charge is 0.143 e. The van der Waals surface area contributed by atoms with E-state index in [4.69, 9.17) is 11.6 Å². The normalized spacial score (nSPS) is 10.4. The van der Waals surface area contributed by atoms with Crippen LogP contribution in [0.3, 0.4) is 0 Å². The van der Waals surface area contributed by atoms with Crippen LogP contribution in [-0.4, -0.2) is 4.98 Å². The van der Waals surface area contributed by atoms with E-state index in [1.54, 1.807) is 24.4 Å². The molecule has 2 aromatic rings. The summed E-state index contributed by atoms with van der Waals surface area (Å²) in [6.45, 7) is 0.384. The number of nitrogens with zero attached hydrogens (tertiary/aromatic N) is 1. The van der Waals surface area contributed by atoms with Crippen LogP contribution in [0.15, 0.2) is 39.4 Å². The minimum Gasteiger partial charge on any atom is -0.380 e. The molecule has 0 amide bonds. The maximum Gasteiger partial charge on any atom is 0.143 e. The van der Waals surface area contributed by atoms with E-state index >= 15 is 0 Å². The molecule has 94 valence electrons. The van der Waals surface area contributed by atoms with E-state index in [1.165, 1.54) is 6.07 Å². The first-order chi connectivity index (χ1) is 8.56. The molecule has 1 N–H and O–H groups in total. The highest BCUT2D eigenvalue weighted by Gasteiger charge is 2.04. The molecule has 0 spiro atoms. The van der Waals surface area contributed by atoms with Crippen molar-refractivity contribution in [3.8, 4) is 0 Å². The highest BCUT2D eigenvalue weighted by Crippen LogP contribution is 2.23. The molecule has 0 unspecified atom stereocenters. The number of rotatable bonds is 3. The lowest BCUT2D eigenvalue weighted by Crippen LogP contribution is -2.02. The molecule has 0 atom stereocenters. The molecular formula is C12H8Br2ClFN2. The summed E-state index contributed by atoms with van der Waals surface area (Å²) in [6, 6.07) is 6.76. The van der Waals surface area contributed by atoms with E-state index in [9.17, 15) is 4.39 Å². The molecule has 0 bridgehead atoms. The Balaban J connectivity index is 2.09. The summed E-state index contributed by atoms with van der Waals surface area (Å²) in [7, 11) is 0. The number of aromatic nitrogens is 1. The van der Waals surface area contributed by atoms with Crippen molar-refractivity contribution in [3.63, 3.8) is 0 Å². The molecule has 0 aliphatic rings. The second kappa shape index (κ2) is 5.99. The highest BCUT2D eigenvalue weighted by atomic mass is 79.9. The van der Waals surface area contributed by atoms with Crippen molar-refractivity contribution in [2.75, 3.05) is 5.32 Å². The maximum absolute atomic E-state index is 13.6. The average Bonchev–Trinajstić information content (AvgIpc) is 2.32. The van der Waals surface area contributed by atoms with Gasteiger partial charge in [-0.1, -0.05) is 33.6 Å². The van der Waals surface area contributed by atoms with Crippen LogP contribution < -0.4 is 5.32 Å². The lowest BCUT2D eigenvalue weighted by molar-refractivity contribution is 0.612. The van der Waals surface area contributed by atoms with Gasteiger partial charge in [0.15, 0.2) is 0 Å². The molecule has 1 aromatic carbocycles. The van der Waals surface area contributed by atoms with Gasteiger partial charge >= 0.3 is 0 Å². The van der Waals surface area contributed by atoms with Crippen LogP contribution >= 0.6 is 43.5 Å². The van der Waals surface area contributed by atoms with Crippen LogP contribution in [0.4, 0.5) is 10.1 Å². The molecule has 1 aromatic heterocycles. The number of halogens is 4. The predicted molar refractivity (Wildman–Crippen MR) is 78.4 cm³/mol. The molecule has 6 heteroatoms. The molecule has 2 rings (SSSR count). The van der Waals surface area contributed by atoms with Gasteiger partial charge in [-0.05, 0) is 34.1 Å². The zero-order valence-electron chi connectivity index (χ0n) is 9.05. The molecule has 18 heavy (non-hydrogen) atoms. The molecule has 0 saturated heterocycles. The molecule has 0 fully saturated rings. The predicted octanol–water partition coefficient (Wildman–Crippen LogP) is 5.01. The Bertz CT molecular complexity index is 578. The van der Waals surface area contributed by atoms with Gasteiger partial charge in [0.2, 0.25) is 0 Å². The number of hydrogen-bond donors (Lipinski definition) is 1. The Morgan fingerprint density at radius 1 is 1.28 bits per heavy atom. The summed E-state index contributed by atoms with van der Waals surface area (Å²) in [6.07, 6.45) is 1.60. The lowest BCUT2D eigenvalue weighted by atomic mass is 10.2. The van der Waals surface area contributed by atoms with Crippen molar-refractivity contribution < 1.29 is 4.39 Å². The first kappa shape index (κ1) is 13.8.